The van der Waals surface area contributed by atoms with Gasteiger partial charge in [-0.25, -0.2) is 4.79 Å². The highest BCUT2D eigenvalue weighted by Gasteiger charge is 2.59. The first-order valence-corrected chi connectivity index (χ1v) is 15.7. The van der Waals surface area contributed by atoms with E-state index in [4.69, 9.17) is 4.74 Å². The highest BCUT2D eigenvalue weighted by atomic mass is 16.6. The Hall–Kier alpha value is -1.97. The number of allylic oxidation sites excluding steroid dienone is 2. The number of aromatic hydroxyl groups is 1. The van der Waals surface area contributed by atoms with Crippen LogP contribution < -0.4 is 5.32 Å². The zero-order chi connectivity index (χ0) is 26.9. The fourth-order valence-electron chi connectivity index (χ4n) is 9.65. The molecule has 0 aliphatic heterocycles. The second-order valence-electron chi connectivity index (χ2n) is 13.7. The van der Waals surface area contributed by atoms with Crippen molar-refractivity contribution in [3.8, 4) is 5.75 Å². The van der Waals surface area contributed by atoms with Crippen LogP contribution in [-0.2, 0) is 4.74 Å². The van der Waals surface area contributed by atoms with Crippen molar-refractivity contribution in [3.63, 3.8) is 0 Å². The molecule has 5 rings (SSSR count). The van der Waals surface area contributed by atoms with Crippen LogP contribution in [0.15, 0.2) is 35.4 Å². The van der Waals surface area contributed by atoms with Crippen LogP contribution in [0.4, 0.5) is 10.5 Å². The summed E-state index contributed by atoms with van der Waals surface area (Å²) in [7, 11) is 0. The Morgan fingerprint density at radius 3 is 2.55 bits per heavy atom. The number of rotatable bonds is 7. The van der Waals surface area contributed by atoms with Crippen LogP contribution in [0.25, 0.3) is 0 Å². The molecule has 0 bridgehead atoms. The Bertz CT molecular complexity index is 1020. The molecule has 38 heavy (non-hydrogen) atoms. The molecule has 0 heterocycles. The minimum absolute atomic E-state index is 0.00645. The Balaban J connectivity index is 1.20. The average molecular weight is 522 g/mol. The molecule has 4 aliphatic rings. The zero-order valence-electron chi connectivity index (χ0n) is 24.4. The number of carbonyl (C=O) groups is 1. The molecule has 4 nitrogen and oxygen atoms in total. The summed E-state index contributed by atoms with van der Waals surface area (Å²) in [6.45, 7) is 9.99. The fraction of sp³-hybridized carbons (Fsp3) is 0.735. The molecule has 4 fully saturated rings. The molecule has 1 aromatic carbocycles. The molecule has 0 spiro atoms. The standard InChI is InChI=1S/C34H51NO3/c1-5-6-7-8-9-23(2)29-16-17-30-28-15-10-24-22-27(38-32(37)35-25-11-13-26(36)14-12-25)18-20-33(24,3)31(28)19-21-34(29,30)4/h11-14,24,27-28,30-31,36H,5-10,15-22H2,1-4H3,(H,35,37)/b29-23+/t24?,27?,28?,30?,31?,33-,34+/m0/s1. The van der Waals surface area contributed by atoms with E-state index in [0.29, 0.717) is 22.4 Å². The molecule has 4 heteroatoms. The largest absolute Gasteiger partial charge is 0.508 e. The summed E-state index contributed by atoms with van der Waals surface area (Å²) in [5.74, 6) is 3.41. The molecule has 0 saturated heterocycles. The number of fused-ring (bicyclic) bond motifs is 5. The van der Waals surface area contributed by atoms with E-state index in [1.165, 1.54) is 77.0 Å². The topological polar surface area (TPSA) is 58.6 Å². The number of anilines is 1. The van der Waals surface area contributed by atoms with E-state index in [9.17, 15) is 9.90 Å². The van der Waals surface area contributed by atoms with Gasteiger partial charge in [-0.3, -0.25) is 5.32 Å². The normalized spacial score (nSPS) is 37.5. The molecule has 0 aromatic heterocycles. The summed E-state index contributed by atoms with van der Waals surface area (Å²) in [4.78, 5) is 12.6. The SMILES string of the molecule is CCCCCC/C(C)=C1\CCC2C3CCC4CC(OC(=O)Nc5ccc(O)cc5)CC[C@]4(C)C3CC[C@]12C. The molecule has 5 unspecified atom stereocenters. The zero-order valence-corrected chi connectivity index (χ0v) is 24.4. The maximum atomic E-state index is 12.6. The van der Waals surface area contributed by atoms with Crippen molar-refractivity contribution in [2.24, 2.45) is 34.5 Å². The highest BCUT2D eigenvalue weighted by Crippen LogP contribution is 2.67. The van der Waals surface area contributed by atoms with Crippen LogP contribution in [0.5, 0.6) is 5.75 Å². The second kappa shape index (κ2) is 11.3. The van der Waals surface area contributed by atoms with Crippen molar-refractivity contribution in [1.29, 1.82) is 0 Å². The Labute approximate surface area is 231 Å². The van der Waals surface area contributed by atoms with Gasteiger partial charge in [0.25, 0.3) is 0 Å². The molecule has 210 valence electrons. The third kappa shape index (κ3) is 5.26. The monoisotopic (exact) mass is 521 g/mol. The molecular formula is C34H51NO3. The van der Waals surface area contributed by atoms with Crippen molar-refractivity contribution in [2.75, 3.05) is 5.32 Å². The van der Waals surface area contributed by atoms with Crippen LogP contribution in [0.3, 0.4) is 0 Å². The number of phenolic OH excluding ortho intramolecular Hbond substituents is 1. The molecule has 1 amide bonds. The summed E-state index contributed by atoms with van der Waals surface area (Å²) in [6, 6.07) is 6.55. The molecule has 1 aromatic rings. The summed E-state index contributed by atoms with van der Waals surface area (Å²) < 4.78 is 5.91. The molecule has 4 saturated carbocycles. The quantitative estimate of drug-likeness (QED) is 0.213. The van der Waals surface area contributed by atoms with Gasteiger partial charge < -0.3 is 9.84 Å². The highest BCUT2D eigenvalue weighted by molar-refractivity contribution is 5.84. The van der Waals surface area contributed by atoms with E-state index >= 15 is 0 Å². The van der Waals surface area contributed by atoms with Crippen LogP contribution in [0, 0.1) is 34.5 Å². The van der Waals surface area contributed by atoms with Crippen molar-refractivity contribution in [2.45, 2.75) is 124 Å². The lowest BCUT2D eigenvalue weighted by atomic mass is 9.45. The van der Waals surface area contributed by atoms with Gasteiger partial charge in [-0.1, -0.05) is 51.2 Å². The third-order valence-electron chi connectivity index (χ3n) is 11.7. The number of amides is 1. The van der Waals surface area contributed by atoms with Gasteiger partial charge in [-0.15, -0.1) is 0 Å². The predicted octanol–water partition coefficient (Wildman–Crippen LogP) is 9.64. The van der Waals surface area contributed by atoms with E-state index in [0.717, 1.165) is 30.6 Å². The van der Waals surface area contributed by atoms with Crippen molar-refractivity contribution in [1.82, 2.24) is 0 Å². The first kappa shape index (κ1) is 27.6. The number of ether oxygens (including phenoxy) is 1. The van der Waals surface area contributed by atoms with Crippen molar-refractivity contribution >= 4 is 11.8 Å². The lowest BCUT2D eigenvalue weighted by Crippen LogP contribution is -2.53. The number of hydrogen-bond acceptors (Lipinski definition) is 3. The van der Waals surface area contributed by atoms with Crippen LogP contribution in [0.1, 0.15) is 118 Å². The smallest absolute Gasteiger partial charge is 0.411 e. The number of unbranched alkanes of at least 4 members (excludes halogenated alkanes) is 3. The lowest BCUT2D eigenvalue weighted by molar-refractivity contribution is -0.116. The van der Waals surface area contributed by atoms with Gasteiger partial charge in [0, 0.05) is 5.69 Å². The first-order valence-electron chi connectivity index (χ1n) is 15.7. The Kier molecular flexibility index (Phi) is 8.17. The molecule has 2 N–H and O–H groups in total. The van der Waals surface area contributed by atoms with Crippen LogP contribution in [-0.4, -0.2) is 17.3 Å². The molecule has 4 aliphatic carbocycles. The van der Waals surface area contributed by atoms with E-state index in [1.54, 1.807) is 29.8 Å². The maximum absolute atomic E-state index is 12.6. The summed E-state index contributed by atoms with van der Waals surface area (Å²) in [5.41, 5.74) is 5.06. The van der Waals surface area contributed by atoms with E-state index < -0.39 is 0 Å². The molecule has 0 radical (unpaired) electrons. The molecular weight excluding hydrogens is 470 g/mol. The fourth-order valence-corrected chi connectivity index (χ4v) is 9.65. The summed E-state index contributed by atoms with van der Waals surface area (Å²) in [6.07, 6.45) is 17.7. The van der Waals surface area contributed by atoms with E-state index in [-0.39, 0.29) is 17.9 Å². The van der Waals surface area contributed by atoms with Gasteiger partial charge in [0.15, 0.2) is 0 Å². The number of hydrogen-bond donors (Lipinski definition) is 2. The number of phenols is 1. The van der Waals surface area contributed by atoms with E-state index in [2.05, 4.69) is 33.0 Å². The maximum Gasteiger partial charge on any atom is 0.411 e. The minimum Gasteiger partial charge on any atom is -0.508 e. The average Bonchev–Trinajstić information content (AvgIpc) is 3.25. The van der Waals surface area contributed by atoms with Crippen LogP contribution in [0.2, 0.25) is 0 Å². The van der Waals surface area contributed by atoms with Gasteiger partial charge in [0.2, 0.25) is 0 Å². The third-order valence-corrected chi connectivity index (χ3v) is 11.7. The number of nitrogens with one attached hydrogen (secondary N) is 1. The predicted molar refractivity (Wildman–Crippen MR) is 155 cm³/mol. The number of benzene rings is 1. The van der Waals surface area contributed by atoms with Crippen molar-refractivity contribution in [3.05, 3.63) is 35.4 Å². The number of carbonyl (C=O) groups excluding carboxylic acids is 1. The minimum atomic E-state index is -0.373. The Morgan fingerprint density at radius 1 is 1.00 bits per heavy atom. The van der Waals surface area contributed by atoms with Crippen molar-refractivity contribution < 1.29 is 14.6 Å². The second-order valence-corrected chi connectivity index (χ2v) is 13.7. The lowest BCUT2D eigenvalue weighted by Gasteiger charge is -2.60. The van der Waals surface area contributed by atoms with Crippen LogP contribution >= 0.6 is 0 Å². The summed E-state index contributed by atoms with van der Waals surface area (Å²) >= 11 is 0. The van der Waals surface area contributed by atoms with Gasteiger partial charge in [-0.05, 0) is 136 Å². The van der Waals surface area contributed by atoms with Gasteiger partial charge in [-0.2, -0.15) is 0 Å². The van der Waals surface area contributed by atoms with Gasteiger partial charge in [0.05, 0.1) is 0 Å². The summed E-state index contributed by atoms with van der Waals surface area (Å²) in [5, 5.41) is 12.3. The van der Waals surface area contributed by atoms with Gasteiger partial charge in [0.1, 0.15) is 11.9 Å². The van der Waals surface area contributed by atoms with Gasteiger partial charge >= 0.3 is 6.09 Å². The first-order chi connectivity index (χ1) is 18.2. The molecule has 7 atom stereocenters. The Morgan fingerprint density at radius 2 is 1.79 bits per heavy atom. The van der Waals surface area contributed by atoms with E-state index in [1.807, 2.05) is 5.57 Å².